The molecule has 0 bridgehead atoms. The van der Waals surface area contributed by atoms with Crippen LogP contribution in [0.15, 0.2) is 34.7 Å². The van der Waals surface area contributed by atoms with Gasteiger partial charge in [-0.3, -0.25) is 0 Å². The quantitative estimate of drug-likeness (QED) is 0.720. The van der Waals surface area contributed by atoms with Crippen LogP contribution in [0.1, 0.15) is 11.3 Å². The van der Waals surface area contributed by atoms with Crippen molar-refractivity contribution in [3.63, 3.8) is 0 Å². The lowest BCUT2D eigenvalue weighted by molar-refractivity contribution is -0.0439. The summed E-state index contributed by atoms with van der Waals surface area (Å²) in [4.78, 5) is 0. The van der Waals surface area contributed by atoms with Gasteiger partial charge in [0.05, 0.1) is 14.2 Å². The van der Waals surface area contributed by atoms with Crippen molar-refractivity contribution in [1.82, 2.24) is 0 Å². The lowest BCUT2D eigenvalue weighted by atomic mass is 10.1. The molecule has 0 aliphatic rings. The summed E-state index contributed by atoms with van der Waals surface area (Å²) in [5.74, 6) is 0.760. The van der Waals surface area contributed by atoms with E-state index in [0.717, 1.165) is 0 Å². The molecule has 1 aromatic carbocycles. The largest absolute Gasteiger partial charge is 0.516 e. The summed E-state index contributed by atoms with van der Waals surface area (Å²) in [6.07, 6.45) is 0.00934. The fourth-order valence-corrected chi connectivity index (χ4v) is 3.21. The first-order chi connectivity index (χ1) is 12.1. The molecule has 2 rings (SSSR count). The van der Waals surface area contributed by atoms with Crippen LogP contribution in [0.5, 0.6) is 11.5 Å². The van der Waals surface area contributed by atoms with E-state index < -0.39 is 22.1 Å². The van der Waals surface area contributed by atoms with Gasteiger partial charge in [-0.05, 0) is 37.1 Å². The molecule has 6 nitrogen and oxygen atoms in total. The average Bonchev–Trinajstić information content (AvgIpc) is 2.99. The van der Waals surface area contributed by atoms with E-state index in [1.807, 2.05) is 0 Å². The maximum Gasteiger partial charge on any atom is 0.516 e. The Morgan fingerprint density at radius 1 is 1.08 bits per heavy atom. The van der Waals surface area contributed by atoms with Gasteiger partial charge in [0.25, 0.3) is 0 Å². The van der Waals surface area contributed by atoms with Gasteiger partial charge in [0.2, 0.25) is 5.88 Å². The molecule has 0 aliphatic heterocycles. The Labute approximate surface area is 149 Å². The minimum absolute atomic E-state index is 0.00934. The molecule has 1 aromatic heterocycles. The van der Waals surface area contributed by atoms with Crippen LogP contribution in [0.3, 0.4) is 0 Å². The summed E-state index contributed by atoms with van der Waals surface area (Å²) in [6.45, 7) is 1.06. The highest BCUT2D eigenvalue weighted by Crippen LogP contribution is 2.33. The topological polar surface area (TPSA) is 69.0 Å². The number of methoxy groups -OCH3 is 2. The molecule has 0 spiro atoms. The summed E-state index contributed by atoms with van der Waals surface area (Å²) in [6, 6.07) is 7.36. The summed E-state index contributed by atoms with van der Waals surface area (Å²) < 4.78 is 78.4. The normalized spacial score (nSPS) is 12.1. The van der Waals surface area contributed by atoms with Gasteiger partial charge in [0.1, 0.15) is 5.76 Å². The number of hydrogen-bond donors (Lipinski definition) is 0. The number of rotatable bonds is 7. The number of furan rings is 1. The van der Waals surface area contributed by atoms with Gasteiger partial charge in [-0.2, -0.15) is 21.6 Å². The molecule has 0 radical (unpaired) electrons. The number of halogens is 3. The Balaban J connectivity index is 2.31. The average molecular weight is 393 g/mol. The number of ether oxygens (including phenoxy) is 2. The van der Waals surface area contributed by atoms with Gasteiger partial charge in [-0.15, -0.1) is 0 Å². The zero-order valence-electron chi connectivity index (χ0n) is 14.3. The minimum atomic E-state index is -5.59. The molecule has 0 amide bonds. The van der Waals surface area contributed by atoms with Crippen LogP contribution in [0.4, 0.5) is 19.1 Å². The van der Waals surface area contributed by atoms with E-state index in [-0.39, 0.29) is 16.6 Å². The lowest BCUT2D eigenvalue weighted by Crippen LogP contribution is -2.41. The highest BCUT2D eigenvalue weighted by molar-refractivity contribution is 7.93. The van der Waals surface area contributed by atoms with E-state index in [1.54, 1.807) is 18.2 Å². The van der Waals surface area contributed by atoms with Crippen LogP contribution in [0.25, 0.3) is 0 Å². The minimum Gasteiger partial charge on any atom is -0.493 e. The van der Waals surface area contributed by atoms with Crippen molar-refractivity contribution in [2.24, 2.45) is 0 Å². The van der Waals surface area contributed by atoms with Crippen LogP contribution < -0.4 is 13.8 Å². The second kappa shape index (κ2) is 7.48. The molecular weight excluding hydrogens is 375 g/mol. The molecule has 10 heteroatoms. The van der Waals surface area contributed by atoms with Crippen LogP contribution in [0, 0.1) is 6.92 Å². The Morgan fingerprint density at radius 3 is 2.23 bits per heavy atom. The van der Waals surface area contributed by atoms with Crippen molar-refractivity contribution in [3.8, 4) is 11.5 Å². The fourth-order valence-electron chi connectivity index (χ4n) is 2.30. The third kappa shape index (κ3) is 4.06. The Kier molecular flexibility index (Phi) is 5.74. The van der Waals surface area contributed by atoms with Gasteiger partial charge in [-0.1, -0.05) is 6.07 Å². The number of sulfonamides is 1. The highest BCUT2D eigenvalue weighted by atomic mass is 32.2. The molecule has 0 N–H and O–H groups in total. The Bertz CT molecular complexity index is 861. The van der Waals surface area contributed by atoms with Crippen molar-refractivity contribution >= 4 is 15.9 Å². The number of aryl methyl sites for hydroxylation is 1. The smallest absolute Gasteiger partial charge is 0.493 e. The van der Waals surface area contributed by atoms with Crippen molar-refractivity contribution in [1.29, 1.82) is 0 Å². The molecule has 1 heterocycles. The van der Waals surface area contributed by atoms with Crippen LogP contribution in [-0.2, 0) is 16.4 Å². The number of hydrogen-bond acceptors (Lipinski definition) is 5. The van der Waals surface area contributed by atoms with E-state index in [1.165, 1.54) is 33.3 Å². The van der Waals surface area contributed by atoms with E-state index >= 15 is 0 Å². The monoisotopic (exact) mass is 393 g/mol. The predicted octanol–water partition coefficient (Wildman–Crippen LogP) is 3.50. The number of benzene rings is 1. The lowest BCUT2D eigenvalue weighted by Gasteiger charge is -2.23. The summed E-state index contributed by atoms with van der Waals surface area (Å²) in [5.41, 5.74) is -4.86. The third-order valence-electron chi connectivity index (χ3n) is 3.61. The second-order valence-corrected chi connectivity index (χ2v) is 7.20. The first-order valence-electron chi connectivity index (χ1n) is 7.46. The summed E-state index contributed by atoms with van der Waals surface area (Å²) in [5, 5.41) is 0. The van der Waals surface area contributed by atoms with Crippen LogP contribution in [-0.4, -0.2) is 34.7 Å². The molecule has 0 saturated carbocycles. The SMILES string of the molecule is COc1ccc(CCN(c2ccc(C)o2)S(=O)(=O)C(F)(F)F)cc1OC. The molecule has 0 unspecified atom stereocenters. The molecule has 0 aliphatic carbocycles. The zero-order chi connectivity index (χ0) is 19.5. The van der Waals surface area contributed by atoms with Gasteiger partial charge < -0.3 is 13.9 Å². The van der Waals surface area contributed by atoms with E-state index in [2.05, 4.69) is 0 Å². The highest BCUT2D eigenvalue weighted by Gasteiger charge is 2.50. The maximum atomic E-state index is 13.0. The van der Waals surface area contributed by atoms with Crippen LogP contribution >= 0.6 is 0 Å². The Morgan fingerprint density at radius 2 is 1.73 bits per heavy atom. The first kappa shape index (κ1) is 20.0. The first-order valence-corrected chi connectivity index (χ1v) is 8.90. The Hall–Kier alpha value is -2.36. The van der Waals surface area contributed by atoms with Crippen molar-refractivity contribution in [3.05, 3.63) is 41.7 Å². The molecule has 0 atom stereocenters. The van der Waals surface area contributed by atoms with E-state index in [0.29, 0.717) is 22.8 Å². The second-order valence-electron chi connectivity index (χ2n) is 5.35. The third-order valence-corrected chi connectivity index (χ3v) is 5.13. The number of alkyl halides is 3. The fraction of sp³-hybridized carbons (Fsp3) is 0.375. The molecule has 144 valence electrons. The maximum absolute atomic E-state index is 13.0. The standard InChI is InChI=1S/C16H18F3NO5S/c1-11-4-7-15(25-11)20(26(21,22)16(17,18)19)9-8-12-5-6-13(23-2)14(10-12)24-3/h4-7,10H,8-9H2,1-3H3. The molecule has 2 aromatic rings. The van der Waals surface area contributed by atoms with Gasteiger partial charge in [-0.25, -0.2) is 4.31 Å². The van der Waals surface area contributed by atoms with Gasteiger partial charge in [0, 0.05) is 12.6 Å². The number of nitrogens with zero attached hydrogens (tertiary/aromatic N) is 1. The van der Waals surface area contributed by atoms with E-state index in [9.17, 15) is 21.6 Å². The van der Waals surface area contributed by atoms with Gasteiger partial charge in [0.15, 0.2) is 11.5 Å². The van der Waals surface area contributed by atoms with Crippen LogP contribution in [0.2, 0.25) is 0 Å². The molecule has 0 saturated heterocycles. The zero-order valence-corrected chi connectivity index (χ0v) is 15.1. The summed E-state index contributed by atoms with van der Waals surface area (Å²) >= 11 is 0. The van der Waals surface area contributed by atoms with Crippen molar-refractivity contribution < 1.29 is 35.5 Å². The van der Waals surface area contributed by atoms with Crippen molar-refractivity contribution in [2.75, 3.05) is 25.1 Å². The van der Waals surface area contributed by atoms with E-state index in [4.69, 9.17) is 13.9 Å². The molecule has 26 heavy (non-hydrogen) atoms. The molecular formula is C16H18F3NO5S. The van der Waals surface area contributed by atoms with Gasteiger partial charge >= 0.3 is 15.5 Å². The summed E-state index contributed by atoms with van der Waals surface area (Å²) in [7, 11) is -2.72. The molecule has 0 fully saturated rings. The predicted molar refractivity (Wildman–Crippen MR) is 89.0 cm³/mol. The number of anilines is 1. The van der Waals surface area contributed by atoms with Crippen molar-refractivity contribution in [2.45, 2.75) is 18.9 Å².